The summed E-state index contributed by atoms with van der Waals surface area (Å²) in [7, 11) is 0. The van der Waals surface area contributed by atoms with Gasteiger partial charge in [-0.15, -0.1) is 0 Å². The van der Waals surface area contributed by atoms with E-state index in [1.54, 1.807) is 36.5 Å². The molecule has 3 aromatic rings. The van der Waals surface area contributed by atoms with Gasteiger partial charge in [-0.3, -0.25) is 9.89 Å². The fourth-order valence-corrected chi connectivity index (χ4v) is 3.13. The highest BCUT2D eigenvalue weighted by Gasteiger charge is 2.20. The third-order valence-corrected chi connectivity index (χ3v) is 4.46. The van der Waals surface area contributed by atoms with Gasteiger partial charge in [0.25, 0.3) is 5.91 Å². The van der Waals surface area contributed by atoms with E-state index in [9.17, 15) is 9.90 Å². The third-order valence-electron chi connectivity index (χ3n) is 4.46. The Kier molecular flexibility index (Phi) is 4.07. The summed E-state index contributed by atoms with van der Waals surface area (Å²) >= 11 is 0. The lowest BCUT2D eigenvalue weighted by Gasteiger charge is -2.24. The Morgan fingerprint density at radius 2 is 2.12 bits per heavy atom. The average molecular weight is 337 g/mol. The second-order valence-electron chi connectivity index (χ2n) is 6.25. The molecule has 1 atom stereocenters. The standard InChI is InChI=1S/C18H19N5O2/c24-13-5-3-11(4-6-13)16-8-14(15-10-20-23-17(15)22-16)18(25)21-12-2-1-7-19-9-12/h3-6,8,10,12,19,24H,1-2,7,9H2,(H,21,25)(H,20,22,23)/t12-/m1/s1. The van der Waals surface area contributed by atoms with Crippen molar-refractivity contribution >= 4 is 16.9 Å². The number of benzene rings is 1. The van der Waals surface area contributed by atoms with E-state index in [1.165, 1.54) is 0 Å². The summed E-state index contributed by atoms with van der Waals surface area (Å²) in [5, 5.41) is 23.4. The SMILES string of the molecule is O=C(N[C@@H]1CCCNC1)c1cc(-c2ccc(O)cc2)nc2[nH]ncc12. The number of piperidine rings is 1. The van der Waals surface area contributed by atoms with E-state index in [0.717, 1.165) is 31.5 Å². The largest absolute Gasteiger partial charge is 0.508 e. The van der Waals surface area contributed by atoms with Crippen molar-refractivity contribution in [1.29, 1.82) is 0 Å². The van der Waals surface area contributed by atoms with Crippen molar-refractivity contribution < 1.29 is 9.90 Å². The van der Waals surface area contributed by atoms with Crippen molar-refractivity contribution in [3.63, 3.8) is 0 Å². The van der Waals surface area contributed by atoms with E-state index in [4.69, 9.17) is 0 Å². The van der Waals surface area contributed by atoms with Crippen molar-refractivity contribution in [3.05, 3.63) is 42.1 Å². The van der Waals surface area contributed by atoms with Crippen LogP contribution >= 0.6 is 0 Å². The molecule has 1 saturated heterocycles. The molecule has 3 heterocycles. The van der Waals surface area contributed by atoms with E-state index in [0.29, 0.717) is 22.3 Å². The molecular formula is C18H19N5O2. The highest BCUT2D eigenvalue weighted by Crippen LogP contribution is 2.25. The number of nitrogens with zero attached hydrogens (tertiary/aromatic N) is 2. The number of phenols is 1. The number of hydrogen-bond donors (Lipinski definition) is 4. The molecule has 1 aliphatic rings. The zero-order valence-corrected chi connectivity index (χ0v) is 13.6. The summed E-state index contributed by atoms with van der Waals surface area (Å²) in [6, 6.07) is 8.65. The Balaban J connectivity index is 1.70. The smallest absolute Gasteiger partial charge is 0.252 e. The number of nitrogens with one attached hydrogen (secondary N) is 3. The van der Waals surface area contributed by atoms with E-state index >= 15 is 0 Å². The minimum atomic E-state index is -0.123. The van der Waals surface area contributed by atoms with Gasteiger partial charge < -0.3 is 15.7 Å². The number of carbonyl (C=O) groups excluding carboxylic acids is 1. The summed E-state index contributed by atoms with van der Waals surface area (Å²) in [6.07, 6.45) is 3.65. The van der Waals surface area contributed by atoms with Crippen LogP contribution in [0.1, 0.15) is 23.2 Å². The Hall–Kier alpha value is -2.93. The summed E-state index contributed by atoms with van der Waals surface area (Å²) in [4.78, 5) is 17.3. The maximum atomic E-state index is 12.8. The summed E-state index contributed by atoms with van der Waals surface area (Å²) in [5.41, 5.74) is 2.59. The zero-order valence-electron chi connectivity index (χ0n) is 13.6. The quantitative estimate of drug-likeness (QED) is 0.584. The predicted octanol–water partition coefficient (Wildman–Crippen LogP) is 1.81. The fraction of sp³-hybridized carbons (Fsp3) is 0.278. The van der Waals surface area contributed by atoms with E-state index < -0.39 is 0 Å². The Morgan fingerprint density at radius 3 is 2.88 bits per heavy atom. The monoisotopic (exact) mass is 337 g/mol. The molecule has 0 bridgehead atoms. The summed E-state index contributed by atoms with van der Waals surface area (Å²) in [6.45, 7) is 1.79. The van der Waals surface area contributed by atoms with Gasteiger partial charge in [0.2, 0.25) is 0 Å². The number of aromatic amines is 1. The minimum Gasteiger partial charge on any atom is -0.508 e. The molecule has 0 spiro atoms. The predicted molar refractivity (Wildman–Crippen MR) is 94.3 cm³/mol. The van der Waals surface area contributed by atoms with Crippen LogP contribution in [0.25, 0.3) is 22.3 Å². The fourth-order valence-electron chi connectivity index (χ4n) is 3.13. The zero-order chi connectivity index (χ0) is 17.2. The van der Waals surface area contributed by atoms with Crippen molar-refractivity contribution in [1.82, 2.24) is 25.8 Å². The van der Waals surface area contributed by atoms with Gasteiger partial charge in [-0.1, -0.05) is 0 Å². The molecule has 1 amide bonds. The lowest BCUT2D eigenvalue weighted by Crippen LogP contribution is -2.45. The first kappa shape index (κ1) is 15.6. The van der Waals surface area contributed by atoms with Crippen LogP contribution < -0.4 is 10.6 Å². The topological polar surface area (TPSA) is 103 Å². The van der Waals surface area contributed by atoms with Gasteiger partial charge in [-0.2, -0.15) is 5.10 Å². The first-order chi connectivity index (χ1) is 12.2. The molecule has 2 aromatic heterocycles. The number of phenolic OH excluding ortho intramolecular Hbond substituents is 1. The molecule has 4 rings (SSSR count). The molecule has 25 heavy (non-hydrogen) atoms. The van der Waals surface area contributed by atoms with Crippen LogP contribution in [0, 0.1) is 0 Å². The number of rotatable bonds is 3. The highest BCUT2D eigenvalue weighted by molar-refractivity contribution is 6.06. The van der Waals surface area contributed by atoms with Gasteiger partial charge in [-0.05, 0) is 49.7 Å². The molecule has 0 unspecified atom stereocenters. The average Bonchev–Trinajstić information content (AvgIpc) is 3.11. The van der Waals surface area contributed by atoms with Crippen LogP contribution in [0.5, 0.6) is 5.75 Å². The van der Waals surface area contributed by atoms with Crippen molar-refractivity contribution in [3.8, 4) is 17.0 Å². The maximum Gasteiger partial charge on any atom is 0.252 e. The molecule has 0 aliphatic carbocycles. The van der Waals surface area contributed by atoms with Crippen LogP contribution in [-0.2, 0) is 0 Å². The number of H-pyrrole nitrogens is 1. The molecule has 4 N–H and O–H groups in total. The molecule has 0 radical (unpaired) electrons. The van der Waals surface area contributed by atoms with Crippen LogP contribution in [0.3, 0.4) is 0 Å². The molecule has 7 nitrogen and oxygen atoms in total. The first-order valence-electron chi connectivity index (χ1n) is 8.36. The Bertz CT molecular complexity index is 897. The van der Waals surface area contributed by atoms with Gasteiger partial charge in [0.1, 0.15) is 5.75 Å². The second-order valence-corrected chi connectivity index (χ2v) is 6.25. The van der Waals surface area contributed by atoms with E-state index in [-0.39, 0.29) is 17.7 Å². The number of pyridine rings is 1. The van der Waals surface area contributed by atoms with Gasteiger partial charge >= 0.3 is 0 Å². The Labute approximate surface area is 144 Å². The van der Waals surface area contributed by atoms with Gasteiger partial charge in [0.05, 0.1) is 22.8 Å². The Morgan fingerprint density at radius 1 is 1.28 bits per heavy atom. The normalized spacial score (nSPS) is 17.5. The number of hydrogen-bond acceptors (Lipinski definition) is 5. The van der Waals surface area contributed by atoms with Crippen molar-refractivity contribution in [2.45, 2.75) is 18.9 Å². The van der Waals surface area contributed by atoms with Gasteiger partial charge in [0, 0.05) is 18.2 Å². The molecular weight excluding hydrogens is 318 g/mol. The summed E-state index contributed by atoms with van der Waals surface area (Å²) < 4.78 is 0. The second kappa shape index (κ2) is 6.52. The van der Waals surface area contributed by atoms with Gasteiger partial charge in [-0.25, -0.2) is 4.98 Å². The highest BCUT2D eigenvalue weighted by atomic mass is 16.3. The van der Waals surface area contributed by atoms with Crippen molar-refractivity contribution in [2.75, 3.05) is 13.1 Å². The van der Waals surface area contributed by atoms with Crippen LogP contribution in [0.15, 0.2) is 36.5 Å². The van der Waals surface area contributed by atoms with Crippen LogP contribution in [0.4, 0.5) is 0 Å². The lowest BCUT2D eigenvalue weighted by atomic mass is 10.0. The maximum absolute atomic E-state index is 12.8. The van der Waals surface area contributed by atoms with E-state index in [2.05, 4.69) is 25.8 Å². The number of amides is 1. The van der Waals surface area contributed by atoms with Gasteiger partial charge in [0.15, 0.2) is 5.65 Å². The molecule has 0 saturated carbocycles. The molecule has 1 aliphatic heterocycles. The number of aromatic nitrogens is 3. The van der Waals surface area contributed by atoms with Crippen LogP contribution in [0.2, 0.25) is 0 Å². The van der Waals surface area contributed by atoms with Crippen LogP contribution in [-0.4, -0.2) is 45.3 Å². The molecule has 1 fully saturated rings. The van der Waals surface area contributed by atoms with E-state index in [1.807, 2.05) is 0 Å². The number of aromatic hydroxyl groups is 1. The third kappa shape index (κ3) is 3.18. The minimum absolute atomic E-state index is 0.123. The summed E-state index contributed by atoms with van der Waals surface area (Å²) in [5.74, 6) is 0.0664. The number of carbonyl (C=O) groups is 1. The first-order valence-corrected chi connectivity index (χ1v) is 8.36. The lowest BCUT2D eigenvalue weighted by molar-refractivity contribution is 0.0932. The molecule has 7 heteroatoms. The van der Waals surface area contributed by atoms with Crippen molar-refractivity contribution in [2.24, 2.45) is 0 Å². The number of fused-ring (bicyclic) bond motifs is 1. The molecule has 1 aromatic carbocycles. The molecule has 128 valence electrons.